The van der Waals surface area contributed by atoms with Gasteiger partial charge in [-0.2, -0.15) is 5.10 Å². The van der Waals surface area contributed by atoms with E-state index in [9.17, 15) is 0 Å². The van der Waals surface area contributed by atoms with E-state index in [-0.39, 0.29) is 0 Å². The number of hydrogen-bond donors (Lipinski definition) is 2. The van der Waals surface area contributed by atoms with Gasteiger partial charge in [0.2, 0.25) is 0 Å². The van der Waals surface area contributed by atoms with Crippen LogP contribution in [-0.4, -0.2) is 66.6 Å². The number of hydrogen-bond acceptors (Lipinski definition) is 4. The highest BCUT2D eigenvalue weighted by Crippen LogP contribution is 2.08. The van der Waals surface area contributed by atoms with Crippen LogP contribution < -0.4 is 10.6 Å². The van der Waals surface area contributed by atoms with Crippen molar-refractivity contribution in [2.45, 2.75) is 26.4 Å². The lowest BCUT2D eigenvalue weighted by molar-refractivity contribution is 0.0376. The summed E-state index contributed by atoms with van der Waals surface area (Å²) in [6, 6.07) is 10.5. The van der Waals surface area contributed by atoms with Crippen LogP contribution in [0.3, 0.4) is 0 Å². The average Bonchev–Trinajstić information content (AvgIpc) is 3.23. The lowest BCUT2D eigenvalue weighted by Crippen LogP contribution is -2.40. The van der Waals surface area contributed by atoms with Crippen molar-refractivity contribution >= 4 is 5.96 Å². The minimum absolute atomic E-state index is 0.658. The molecule has 0 radical (unpaired) electrons. The molecule has 1 aliphatic heterocycles. The molecule has 0 saturated carbocycles. The Morgan fingerprint density at radius 2 is 2.04 bits per heavy atom. The molecule has 1 aromatic carbocycles. The van der Waals surface area contributed by atoms with Gasteiger partial charge in [0.15, 0.2) is 5.96 Å². The molecular formula is C21H32N6O. The van der Waals surface area contributed by atoms with Gasteiger partial charge < -0.3 is 15.4 Å². The van der Waals surface area contributed by atoms with Gasteiger partial charge in [0.1, 0.15) is 0 Å². The molecule has 3 rings (SSSR count). The maximum atomic E-state index is 5.40. The molecule has 152 valence electrons. The number of nitrogens with zero attached hydrogens (tertiary/aromatic N) is 4. The van der Waals surface area contributed by atoms with E-state index in [0.717, 1.165) is 64.9 Å². The third-order valence-electron chi connectivity index (χ3n) is 4.71. The van der Waals surface area contributed by atoms with Crippen LogP contribution in [0.5, 0.6) is 0 Å². The standard InChI is InChI=1S/C21H32N6O/c1-2-22-21(23-8-4-10-26-12-14-28-15-13-26)24-17-19-6-3-7-20(16-19)18-27-11-5-9-25-27/h3,5-7,9,11,16H,2,4,8,10,12-15,17-18H2,1H3,(H2,22,23,24). The first kappa shape index (κ1) is 20.4. The molecule has 0 amide bonds. The Morgan fingerprint density at radius 1 is 1.18 bits per heavy atom. The molecule has 7 heteroatoms. The molecule has 0 spiro atoms. The second kappa shape index (κ2) is 11.5. The van der Waals surface area contributed by atoms with Crippen LogP contribution in [0.15, 0.2) is 47.7 Å². The van der Waals surface area contributed by atoms with E-state index in [0.29, 0.717) is 6.54 Å². The Morgan fingerprint density at radius 3 is 2.82 bits per heavy atom. The van der Waals surface area contributed by atoms with Crippen molar-refractivity contribution in [2.24, 2.45) is 4.99 Å². The smallest absolute Gasteiger partial charge is 0.191 e. The number of rotatable bonds is 9. The van der Waals surface area contributed by atoms with Crippen LogP contribution in [0.4, 0.5) is 0 Å². The van der Waals surface area contributed by atoms with Crippen molar-refractivity contribution in [3.05, 3.63) is 53.9 Å². The molecule has 2 N–H and O–H groups in total. The molecule has 1 aliphatic rings. The quantitative estimate of drug-likeness (QED) is 0.391. The van der Waals surface area contributed by atoms with Crippen molar-refractivity contribution in [3.63, 3.8) is 0 Å². The lowest BCUT2D eigenvalue weighted by Gasteiger charge is -2.26. The maximum Gasteiger partial charge on any atom is 0.191 e. The van der Waals surface area contributed by atoms with Crippen molar-refractivity contribution in [1.29, 1.82) is 0 Å². The minimum atomic E-state index is 0.658. The zero-order valence-corrected chi connectivity index (χ0v) is 16.8. The first-order valence-electron chi connectivity index (χ1n) is 10.2. The summed E-state index contributed by atoms with van der Waals surface area (Å²) in [4.78, 5) is 7.20. The summed E-state index contributed by atoms with van der Waals surface area (Å²) in [5.74, 6) is 0.877. The van der Waals surface area contributed by atoms with Crippen LogP contribution in [0, 0.1) is 0 Å². The van der Waals surface area contributed by atoms with Crippen molar-refractivity contribution in [2.75, 3.05) is 45.9 Å². The number of nitrogens with one attached hydrogen (secondary N) is 2. The van der Waals surface area contributed by atoms with E-state index in [4.69, 9.17) is 9.73 Å². The van der Waals surface area contributed by atoms with Crippen molar-refractivity contribution < 1.29 is 4.74 Å². The van der Waals surface area contributed by atoms with Crippen LogP contribution in [-0.2, 0) is 17.8 Å². The second-order valence-electron chi connectivity index (χ2n) is 6.95. The molecule has 7 nitrogen and oxygen atoms in total. The van der Waals surface area contributed by atoms with Gasteiger partial charge in [0, 0.05) is 38.6 Å². The van der Waals surface area contributed by atoms with Crippen LogP contribution in [0.2, 0.25) is 0 Å². The molecule has 0 atom stereocenters. The minimum Gasteiger partial charge on any atom is -0.379 e. The number of aromatic nitrogens is 2. The fourth-order valence-corrected chi connectivity index (χ4v) is 3.25. The molecule has 2 heterocycles. The highest BCUT2D eigenvalue weighted by Gasteiger charge is 2.09. The van der Waals surface area contributed by atoms with Crippen LogP contribution >= 0.6 is 0 Å². The maximum absolute atomic E-state index is 5.40. The molecule has 1 saturated heterocycles. The molecule has 0 aliphatic carbocycles. The molecule has 2 aromatic rings. The van der Waals surface area contributed by atoms with E-state index >= 15 is 0 Å². The Labute approximate surface area is 167 Å². The zero-order chi connectivity index (χ0) is 19.4. The van der Waals surface area contributed by atoms with E-state index in [1.807, 2.05) is 23.1 Å². The fraction of sp³-hybridized carbons (Fsp3) is 0.524. The van der Waals surface area contributed by atoms with Gasteiger partial charge in [-0.15, -0.1) is 0 Å². The number of ether oxygens (including phenoxy) is 1. The third kappa shape index (κ3) is 6.98. The van der Waals surface area contributed by atoms with E-state index in [1.165, 1.54) is 11.1 Å². The van der Waals surface area contributed by atoms with Gasteiger partial charge in [-0.3, -0.25) is 9.58 Å². The van der Waals surface area contributed by atoms with Crippen molar-refractivity contribution in [3.8, 4) is 0 Å². The van der Waals surface area contributed by atoms with E-state index in [2.05, 4.69) is 51.8 Å². The Bertz CT molecular complexity index is 709. The lowest BCUT2D eigenvalue weighted by atomic mass is 10.1. The van der Waals surface area contributed by atoms with Gasteiger partial charge in [-0.05, 0) is 37.1 Å². The Kier molecular flexibility index (Phi) is 8.33. The normalized spacial score (nSPS) is 15.5. The van der Waals surface area contributed by atoms with Crippen LogP contribution in [0.25, 0.3) is 0 Å². The summed E-state index contributed by atoms with van der Waals surface area (Å²) < 4.78 is 7.33. The van der Waals surface area contributed by atoms with Crippen LogP contribution in [0.1, 0.15) is 24.5 Å². The summed E-state index contributed by atoms with van der Waals surface area (Å²) >= 11 is 0. The Balaban J connectivity index is 1.46. The molecule has 1 fully saturated rings. The molecular weight excluding hydrogens is 352 g/mol. The molecule has 1 aromatic heterocycles. The third-order valence-corrected chi connectivity index (χ3v) is 4.71. The number of aliphatic imine (C=N–C) groups is 1. The summed E-state index contributed by atoms with van der Waals surface area (Å²) in [6.07, 6.45) is 4.89. The molecule has 0 bridgehead atoms. The highest BCUT2D eigenvalue weighted by atomic mass is 16.5. The fourth-order valence-electron chi connectivity index (χ4n) is 3.25. The SMILES string of the molecule is CCNC(=NCc1cccc(Cn2cccn2)c1)NCCCN1CCOCC1. The van der Waals surface area contributed by atoms with Gasteiger partial charge in [0.05, 0.1) is 26.3 Å². The summed E-state index contributed by atoms with van der Waals surface area (Å²) in [6.45, 7) is 10.2. The topological polar surface area (TPSA) is 66.7 Å². The second-order valence-corrected chi connectivity index (χ2v) is 6.95. The average molecular weight is 385 g/mol. The van der Waals surface area contributed by atoms with E-state index in [1.54, 1.807) is 0 Å². The van der Waals surface area contributed by atoms with Crippen molar-refractivity contribution in [1.82, 2.24) is 25.3 Å². The predicted octanol–water partition coefficient (Wildman–Crippen LogP) is 1.71. The largest absolute Gasteiger partial charge is 0.379 e. The monoisotopic (exact) mass is 384 g/mol. The first-order valence-corrected chi connectivity index (χ1v) is 10.2. The summed E-state index contributed by atoms with van der Waals surface area (Å²) in [5.41, 5.74) is 2.44. The van der Waals surface area contributed by atoms with Gasteiger partial charge >= 0.3 is 0 Å². The van der Waals surface area contributed by atoms with E-state index < -0.39 is 0 Å². The molecule has 0 unspecified atom stereocenters. The zero-order valence-electron chi connectivity index (χ0n) is 16.8. The number of benzene rings is 1. The summed E-state index contributed by atoms with van der Waals surface area (Å²) in [5, 5.41) is 11.1. The number of guanidine groups is 1. The Hall–Kier alpha value is -2.38. The first-order chi connectivity index (χ1) is 13.8. The van der Waals surface area contributed by atoms with Gasteiger partial charge in [0.25, 0.3) is 0 Å². The predicted molar refractivity (Wildman–Crippen MR) is 112 cm³/mol. The van der Waals surface area contributed by atoms with Gasteiger partial charge in [-0.1, -0.05) is 24.3 Å². The summed E-state index contributed by atoms with van der Waals surface area (Å²) in [7, 11) is 0. The number of morpholine rings is 1. The highest BCUT2D eigenvalue weighted by molar-refractivity contribution is 5.79. The molecule has 28 heavy (non-hydrogen) atoms. The van der Waals surface area contributed by atoms with Gasteiger partial charge in [-0.25, -0.2) is 4.99 Å².